The van der Waals surface area contributed by atoms with Crippen LogP contribution in [0.25, 0.3) is 44.6 Å². The summed E-state index contributed by atoms with van der Waals surface area (Å²) in [5, 5.41) is 82.6. The van der Waals surface area contributed by atoms with Gasteiger partial charge in [-0.05, 0) is 58.7 Å². The SMILES string of the molecule is N#CC1=C(c2ccccc2)/C(=C(/C#N)c2cc(C#N)cc(C#N)c2)c2c1c(C(F)(F)F)c1c(c2C(F)(F)F)C(C#N)=C(c2ccccc2)/C1=C(/C#N)c1cc(C#N)cc(C#N)c1. The minimum atomic E-state index is -5.68. The quantitative estimate of drug-likeness (QED) is 0.126. The fourth-order valence-electron chi connectivity index (χ4n) is 7.91. The zero-order chi connectivity index (χ0) is 44.7. The summed E-state index contributed by atoms with van der Waals surface area (Å²) >= 11 is 0. The van der Waals surface area contributed by atoms with E-state index in [0.717, 1.165) is 36.4 Å². The van der Waals surface area contributed by atoms with E-state index in [1.807, 2.05) is 0 Å². The monoisotopic (exact) mass is 818 g/mol. The van der Waals surface area contributed by atoms with Crippen LogP contribution in [0, 0.1) is 90.6 Å². The molecule has 0 heterocycles. The molecule has 0 spiro atoms. The lowest BCUT2D eigenvalue weighted by Gasteiger charge is -2.25. The Kier molecular flexibility index (Phi) is 10.1. The average Bonchev–Trinajstić information content (AvgIpc) is 3.78. The van der Waals surface area contributed by atoms with Gasteiger partial charge in [-0.1, -0.05) is 60.7 Å². The zero-order valence-electron chi connectivity index (χ0n) is 31.1. The molecule has 0 N–H and O–H groups in total. The van der Waals surface area contributed by atoms with E-state index in [2.05, 4.69) is 0 Å². The van der Waals surface area contributed by atoms with Crippen molar-refractivity contribution in [2.24, 2.45) is 0 Å². The van der Waals surface area contributed by atoms with Gasteiger partial charge in [0.1, 0.15) is 24.3 Å². The third-order valence-electron chi connectivity index (χ3n) is 10.1. The number of allylic oxidation sites excluding steroid dienone is 8. The topological polar surface area (TPSA) is 190 Å². The molecular formula is C48H16F6N8. The molecule has 0 amide bonds. The van der Waals surface area contributed by atoms with Gasteiger partial charge in [-0.25, -0.2) is 0 Å². The Morgan fingerprint density at radius 3 is 0.935 bits per heavy atom. The van der Waals surface area contributed by atoms with Gasteiger partial charge in [0.05, 0.1) is 80.0 Å². The largest absolute Gasteiger partial charge is 0.417 e. The number of fused-ring (bicyclic) bond motifs is 2. The molecule has 5 aromatic carbocycles. The zero-order valence-corrected chi connectivity index (χ0v) is 31.1. The van der Waals surface area contributed by atoms with Crippen LogP contribution in [0.15, 0.2) is 97.1 Å². The van der Waals surface area contributed by atoms with Gasteiger partial charge in [0.25, 0.3) is 0 Å². The Hall–Kier alpha value is -9.44. The standard InChI is InChI=1S/C48H16F6N8/c49-47(50,51)45-41-35(23-61)37(29-7-3-1-4-8-29)39(33(21-59)31-13-25(17-55)11-26(14-31)18-56)43(41)46(48(52,53)54)42-36(24-62)38(30-9-5-2-6-10-30)40(44(42)45)34(22-60)32-15-27(19-57)12-28(16-32)20-58/h1-16H/b39-33+,40-34+. The van der Waals surface area contributed by atoms with Crippen LogP contribution >= 0.6 is 0 Å². The van der Waals surface area contributed by atoms with Crippen molar-refractivity contribution >= 4 is 44.6 Å². The van der Waals surface area contributed by atoms with Crippen molar-refractivity contribution in [2.75, 3.05) is 0 Å². The van der Waals surface area contributed by atoms with Crippen LogP contribution in [0.1, 0.15) is 77.9 Å². The predicted octanol–water partition coefficient (Wildman–Crippen LogP) is 11.0. The third-order valence-corrected chi connectivity index (χ3v) is 10.1. The molecule has 0 aromatic heterocycles. The fourth-order valence-corrected chi connectivity index (χ4v) is 7.91. The van der Waals surface area contributed by atoms with E-state index in [0.29, 0.717) is 0 Å². The number of nitrogens with zero attached hydrogens (tertiary/aromatic N) is 8. The van der Waals surface area contributed by atoms with Crippen LogP contribution in [0.5, 0.6) is 0 Å². The summed E-state index contributed by atoms with van der Waals surface area (Å²) in [7, 11) is 0. The second-order valence-corrected chi connectivity index (χ2v) is 13.5. The molecule has 0 fully saturated rings. The van der Waals surface area contributed by atoms with Crippen molar-refractivity contribution in [3.63, 3.8) is 0 Å². The molecule has 0 bridgehead atoms. The first kappa shape index (κ1) is 40.7. The van der Waals surface area contributed by atoms with E-state index >= 15 is 26.3 Å². The Bertz CT molecular complexity index is 3040. The molecule has 0 aliphatic heterocycles. The Labute approximate surface area is 348 Å². The number of benzene rings is 5. The highest BCUT2D eigenvalue weighted by molar-refractivity contribution is 6.35. The molecule has 0 atom stereocenters. The van der Waals surface area contributed by atoms with E-state index in [-0.39, 0.29) is 44.5 Å². The molecule has 8 nitrogen and oxygen atoms in total. The second kappa shape index (κ2) is 15.4. The number of hydrogen-bond donors (Lipinski definition) is 0. The summed E-state index contributed by atoms with van der Waals surface area (Å²) in [6.07, 6.45) is -11.4. The van der Waals surface area contributed by atoms with Gasteiger partial charge < -0.3 is 0 Å². The van der Waals surface area contributed by atoms with Crippen LogP contribution in [-0.2, 0) is 12.4 Å². The van der Waals surface area contributed by atoms with Crippen molar-refractivity contribution in [1.29, 1.82) is 42.1 Å². The van der Waals surface area contributed by atoms with Gasteiger partial charge in [-0.15, -0.1) is 0 Å². The number of halogens is 6. The molecule has 7 rings (SSSR count). The Morgan fingerprint density at radius 1 is 0.387 bits per heavy atom. The molecule has 14 heteroatoms. The molecule has 0 saturated heterocycles. The van der Waals surface area contributed by atoms with Gasteiger partial charge >= 0.3 is 12.4 Å². The highest BCUT2D eigenvalue weighted by Gasteiger charge is 2.54. The van der Waals surface area contributed by atoms with E-state index in [9.17, 15) is 42.1 Å². The molecule has 290 valence electrons. The third kappa shape index (κ3) is 6.47. The minimum Gasteiger partial charge on any atom is -0.192 e. The van der Waals surface area contributed by atoms with Crippen LogP contribution in [-0.4, -0.2) is 0 Å². The predicted molar refractivity (Wildman–Crippen MR) is 211 cm³/mol. The van der Waals surface area contributed by atoms with Crippen LogP contribution in [0.3, 0.4) is 0 Å². The normalized spacial score (nSPS) is 14.4. The molecule has 62 heavy (non-hydrogen) atoms. The lowest BCUT2D eigenvalue weighted by atomic mass is 9.80. The van der Waals surface area contributed by atoms with Crippen molar-refractivity contribution in [3.05, 3.63) is 175 Å². The number of alkyl halides is 6. The lowest BCUT2D eigenvalue weighted by molar-refractivity contribution is -0.141. The van der Waals surface area contributed by atoms with Gasteiger partial charge in [-0.2, -0.15) is 68.4 Å². The van der Waals surface area contributed by atoms with Crippen molar-refractivity contribution in [2.45, 2.75) is 12.4 Å². The van der Waals surface area contributed by atoms with Gasteiger partial charge in [0.15, 0.2) is 0 Å². The van der Waals surface area contributed by atoms with Crippen molar-refractivity contribution < 1.29 is 26.3 Å². The summed E-state index contributed by atoms with van der Waals surface area (Å²) in [6.45, 7) is 0. The van der Waals surface area contributed by atoms with E-state index < -0.39 is 90.3 Å². The first-order valence-corrected chi connectivity index (χ1v) is 17.7. The van der Waals surface area contributed by atoms with Gasteiger partial charge in [0.2, 0.25) is 0 Å². The van der Waals surface area contributed by atoms with Gasteiger partial charge in [-0.3, -0.25) is 0 Å². The van der Waals surface area contributed by atoms with Crippen LogP contribution in [0.2, 0.25) is 0 Å². The van der Waals surface area contributed by atoms with Crippen LogP contribution < -0.4 is 0 Å². The summed E-state index contributed by atoms with van der Waals surface area (Å²) in [6, 6.07) is 34.3. The molecule has 5 aromatic rings. The minimum absolute atomic E-state index is 0.0896. The first-order valence-electron chi connectivity index (χ1n) is 17.7. The maximum Gasteiger partial charge on any atom is 0.417 e. The first-order chi connectivity index (χ1) is 29.7. The fraction of sp³-hybridized carbons (Fsp3) is 0.0417. The Morgan fingerprint density at radius 2 is 0.694 bits per heavy atom. The maximum absolute atomic E-state index is 16.4. The molecular weight excluding hydrogens is 803 g/mol. The van der Waals surface area contributed by atoms with Crippen molar-refractivity contribution in [3.8, 4) is 48.6 Å². The molecule has 2 aliphatic rings. The number of hydrogen-bond acceptors (Lipinski definition) is 8. The molecule has 0 unspecified atom stereocenters. The summed E-state index contributed by atoms with van der Waals surface area (Å²) in [5.41, 5.74) is -16.7. The molecule has 2 aliphatic carbocycles. The molecule has 0 saturated carbocycles. The number of rotatable bonds is 4. The number of nitriles is 8. The summed E-state index contributed by atoms with van der Waals surface area (Å²) < 4.78 is 98.3. The smallest absolute Gasteiger partial charge is 0.192 e. The maximum atomic E-state index is 16.4. The summed E-state index contributed by atoms with van der Waals surface area (Å²) in [5.74, 6) is 0. The van der Waals surface area contributed by atoms with E-state index in [1.54, 1.807) is 48.6 Å². The average molecular weight is 819 g/mol. The summed E-state index contributed by atoms with van der Waals surface area (Å²) in [4.78, 5) is 0. The van der Waals surface area contributed by atoms with Crippen LogP contribution in [0.4, 0.5) is 26.3 Å². The second-order valence-electron chi connectivity index (χ2n) is 13.5. The van der Waals surface area contributed by atoms with E-state index in [1.165, 1.54) is 60.7 Å². The highest BCUT2D eigenvalue weighted by atomic mass is 19.4. The molecule has 0 radical (unpaired) electrons. The van der Waals surface area contributed by atoms with Crippen molar-refractivity contribution in [1.82, 2.24) is 0 Å². The highest BCUT2D eigenvalue weighted by Crippen LogP contribution is 2.63. The van der Waals surface area contributed by atoms with Gasteiger partial charge in [0, 0.05) is 44.5 Å². The Balaban J connectivity index is 1.87. The van der Waals surface area contributed by atoms with E-state index in [4.69, 9.17) is 0 Å². The lowest BCUT2D eigenvalue weighted by Crippen LogP contribution is -2.20.